The zero-order valence-corrected chi connectivity index (χ0v) is 10.7. The predicted octanol–water partition coefficient (Wildman–Crippen LogP) is 4.36. The summed E-state index contributed by atoms with van der Waals surface area (Å²) >= 11 is 6.34. The van der Waals surface area contributed by atoms with Gasteiger partial charge in [0.1, 0.15) is 10.4 Å². The molecule has 0 bridgehead atoms. The molecule has 0 saturated carbocycles. The van der Waals surface area contributed by atoms with Gasteiger partial charge < -0.3 is 4.98 Å². The van der Waals surface area contributed by atoms with Crippen molar-refractivity contribution in [3.05, 3.63) is 33.7 Å². The lowest BCUT2D eigenvalue weighted by atomic mass is 10.1. The topological polar surface area (TPSA) is 41.6 Å². The number of rotatable bonds is 1. The minimum atomic E-state index is -4.38. The molecule has 0 amide bonds. The molecule has 0 aliphatic carbocycles. The van der Waals surface area contributed by atoms with Crippen molar-refractivity contribution in [1.29, 1.82) is 0 Å². The number of nitrogens with zero attached hydrogens (tertiary/aromatic N) is 2. The van der Waals surface area contributed by atoms with Crippen LogP contribution in [-0.2, 0) is 6.18 Å². The van der Waals surface area contributed by atoms with E-state index in [1.807, 2.05) is 0 Å². The van der Waals surface area contributed by atoms with Gasteiger partial charge in [-0.3, -0.25) is 0 Å². The minimum Gasteiger partial charge on any atom is -0.359 e. The van der Waals surface area contributed by atoms with E-state index in [2.05, 4.69) is 15.2 Å². The van der Waals surface area contributed by atoms with Crippen LogP contribution in [0.15, 0.2) is 23.7 Å². The summed E-state index contributed by atoms with van der Waals surface area (Å²) in [6.07, 6.45) is -2.90. The first-order valence-corrected chi connectivity index (χ1v) is 6.38. The van der Waals surface area contributed by atoms with Crippen molar-refractivity contribution in [1.82, 2.24) is 15.2 Å². The summed E-state index contributed by atoms with van der Waals surface area (Å²) in [5.74, 6) is 0. The van der Waals surface area contributed by atoms with Crippen LogP contribution in [0.4, 0.5) is 13.2 Å². The number of hydrogen-bond donors (Lipinski definition) is 1. The van der Waals surface area contributed by atoms with Crippen LogP contribution in [0.3, 0.4) is 0 Å². The monoisotopic (exact) mass is 303 g/mol. The second-order valence-corrected chi connectivity index (χ2v) is 5.10. The van der Waals surface area contributed by atoms with Crippen molar-refractivity contribution in [2.75, 3.05) is 0 Å². The van der Waals surface area contributed by atoms with Gasteiger partial charge in [-0.2, -0.15) is 13.2 Å². The lowest BCUT2D eigenvalue weighted by Crippen LogP contribution is -2.03. The number of H-pyrrole nitrogens is 1. The molecule has 1 N–H and O–H groups in total. The molecule has 0 saturated heterocycles. The molecule has 3 heterocycles. The second-order valence-electron chi connectivity index (χ2n) is 3.79. The highest BCUT2D eigenvalue weighted by molar-refractivity contribution is 7.10. The first-order valence-electron chi connectivity index (χ1n) is 5.12. The lowest BCUT2D eigenvalue weighted by Gasteiger charge is -2.06. The van der Waals surface area contributed by atoms with Gasteiger partial charge in [-0.1, -0.05) is 11.6 Å². The Kier molecular flexibility index (Phi) is 2.75. The van der Waals surface area contributed by atoms with Gasteiger partial charge in [-0.15, -0.1) is 21.5 Å². The molecular weight excluding hydrogens is 299 g/mol. The Labute approximate surface area is 114 Å². The Balaban J connectivity index is 2.23. The van der Waals surface area contributed by atoms with Gasteiger partial charge in [0.05, 0.1) is 5.52 Å². The van der Waals surface area contributed by atoms with E-state index in [1.54, 1.807) is 0 Å². The van der Waals surface area contributed by atoms with Crippen LogP contribution in [-0.4, -0.2) is 15.2 Å². The molecule has 8 heteroatoms. The molecule has 3 rings (SSSR count). The maximum Gasteiger partial charge on any atom is 0.426 e. The number of aromatic nitrogens is 3. The summed E-state index contributed by atoms with van der Waals surface area (Å²) in [7, 11) is 0. The molecule has 0 fully saturated rings. The summed E-state index contributed by atoms with van der Waals surface area (Å²) in [4.78, 5) is 2.20. The number of aromatic amines is 1. The predicted molar refractivity (Wildman–Crippen MR) is 67.2 cm³/mol. The molecule has 0 atom stereocenters. The van der Waals surface area contributed by atoms with E-state index in [4.69, 9.17) is 11.6 Å². The third-order valence-electron chi connectivity index (χ3n) is 2.60. The molecule has 98 valence electrons. The van der Waals surface area contributed by atoms with E-state index in [-0.39, 0.29) is 10.7 Å². The molecule has 0 aliphatic rings. The standard InChI is InChI=1S/C11H5ClF3N3S/c12-8-3-7-9(18-17-8)6(4-16-7)5-1-2-19-10(5)11(13,14)15/h1-4,16H. The third-order valence-corrected chi connectivity index (χ3v) is 3.75. The lowest BCUT2D eigenvalue weighted by molar-refractivity contribution is -0.133. The van der Waals surface area contributed by atoms with E-state index in [9.17, 15) is 13.2 Å². The first kappa shape index (κ1) is 12.4. The highest BCUT2D eigenvalue weighted by Gasteiger charge is 2.35. The van der Waals surface area contributed by atoms with Gasteiger partial charge in [0, 0.05) is 23.4 Å². The van der Waals surface area contributed by atoms with Gasteiger partial charge in [-0.25, -0.2) is 0 Å². The smallest absolute Gasteiger partial charge is 0.359 e. The molecule has 3 aromatic heterocycles. The first-order chi connectivity index (χ1) is 8.97. The van der Waals surface area contributed by atoms with E-state index in [0.29, 0.717) is 27.9 Å². The highest BCUT2D eigenvalue weighted by atomic mass is 35.5. The summed E-state index contributed by atoms with van der Waals surface area (Å²) in [6.45, 7) is 0. The minimum absolute atomic E-state index is 0.0976. The number of alkyl halides is 3. The van der Waals surface area contributed by atoms with Crippen LogP contribution in [0, 0.1) is 0 Å². The average molecular weight is 304 g/mol. The van der Waals surface area contributed by atoms with Crippen LogP contribution in [0.25, 0.3) is 22.2 Å². The number of halogens is 4. The average Bonchev–Trinajstić information content (AvgIpc) is 2.91. The molecule has 0 aromatic carbocycles. The van der Waals surface area contributed by atoms with Gasteiger partial charge >= 0.3 is 6.18 Å². The number of thiophene rings is 1. The van der Waals surface area contributed by atoms with Gasteiger partial charge in [0.15, 0.2) is 5.15 Å². The fourth-order valence-electron chi connectivity index (χ4n) is 1.84. The Morgan fingerprint density at radius 3 is 2.74 bits per heavy atom. The SMILES string of the molecule is FC(F)(F)c1sccc1-c1c[nH]c2cc(Cl)nnc12. The van der Waals surface area contributed by atoms with E-state index < -0.39 is 11.1 Å². The maximum absolute atomic E-state index is 12.9. The Bertz CT molecular complexity index is 747. The molecule has 3 nitrogen and oxygen atoms in total. The fraction of sp³-hybridized carbons (Fsp3) is 0.0909. The number of hydrogen-bond acceptors (Lipinski definition) is 3. The largest absolute Gasteiger partial charge is 0.426 e. The quantitative estimate of drug-likeness (QED) is 0.726. The maximum atomic E-state index is 12.9. The van der Waals surface area contributed by atoms with Crippen molar-refractivity contribution in [3.8, 4) is 11.1 Å². The van der Waals surface area contributed by atoms with Crippen molar-refractivity contribution in [2.24, 2.45) is 0 Å². The molecule has 19 heavy (non-hydrogen) atoms. The zero-order chi connectivity index (χ0) is 13.6. The molecule has 0 radical (unpaired) electrons. The summed E-state index contributed by atoms with van der Waals surface area (Å²) in [5, 5.41) is 9.09. The summed E-state index contributed by atoms with van der Waals surface area (Å²) in [5.41, 5.74) is 1.38. The zero-order valence-electron chi connectivity index (χ0n) is 9.12. The van der Waals surface area contributed by atoms with Crippen LogP contribution >= 0.6 is 22.9 Å². The van der Waals surface area contributed by atoms with Gasteiger partial charge in [-0.05, 0) is 11.4 Å². The Morgan fingerprint density at radius 1 is 1.21 bits per heavy atom. The third kappa shape index (κ3) is 2.08. The Morgan fingerprint density at radius 2 is 2.00 bits per heavy atom. The van der Waals surface area contributed by atoms with Crippen molar-refractivity contribution < 1.29 is 13.2 Å². The fourth-order valence-corrected chi connectivity index (χ4v) is 2.77. The normalized spacial score (nSPS) is 12.2. The molecule has 3 aromatic rings. The highest BCUT2D eigenvalue weighted by Crippen LogP contribution is 2.42. The van der Waals surface area contributed by atoms with Crippen LogP contribution in [0.1, 0.15) is 4.88 Å². The van der Waals surface area contributed by atoms with E-state index >= 15 is 0 Å². The number of nitrogens with one attached hydrogen (secondary N) is 1. The van der Waals surface area contributed by atoms with Crippen LogP contribution in [0.2, 0.25) is 5.15 Å². The van der Waals surface area contributed by atoms with Crippen LogP contribution < -0.4 is 0 Å². The Hall–Kier alpha value is -1.60. The second kappa shape index (κ2) is 4.21. The van der Waals surface area contributed by atoms with E-state index in [1.165, 1.54) is 23.7 Å². The van der Waals surface area contributed by atoms with E-state index in [0.717, 1.165) is 0 Å². The summed E-state index contributed by atoms with van der Waals surface area (Å²) in [6, 6.07) is 2.94. The summed E-state index contributed by atoms with van der Waals surface area (Å²) < 4.78 is 38.6. The van der Waals surface area contributed by atoms with Gasteiger partial charge in [0.2, 0.25) is 0 Å². The van der Waals surface area contributed by atoms with Gasteiger partial charge in [0.25, 0.3) is 0 Å². The number of fused-ring (bicyclic) bond motifs is 1. The molecule has 0 spiro atoms. The van der Waals surface area contributed by atoms with Crippen LogP contribution in [0.5, 0.6) is 0 Å². The van der Waals surface area contributed by atoms with Crippen molar-refractivity contribution >= 4 is 34.0 Å². The molecule has 0 unspecified atom stereocenters. The molecular formula is C11H5ClF3N3S. The molecule has 0 aliphatic heterocycles. The van der Waals surface area contributed by atoms with Crippen molar-refractivity contribution in [3.63, 3.8) is 0 Å². The van der Waals surface area contributed by atoms with Crippen molar-refractivity contribution in [2.45, 2.75) is 6.18 Å².